The van der Waals surface area contributed by atoms with Gasteiger partial charge in [0.15, 0.2) is 0 Å². The molecule has 0 bridgehead atoms. The summed E-state index contributed by atoms with van der Waals surface area (Å²) in [5.41, 5.74) is 3.50. The monoisotopic (exact) mass is 429 g/mol. The molecule has 0 unspecified atom stereocenters. The van der Waals surface area contributed by atoms with Gasteiger partial charge in [-0.3, -0.25) is 9.59 Å². The van der Waals surface area contributed by atoms with Crippen molar-refractivity contribution < 1.29 is 14.3 Å². The lowest BCUT2D eigenvalue weighted by atomic mass is 9.82. The second-order valence-corrected chi connectivity index (χ2v) is 8.08. The summed E-state index contributed by atoms with van der Waals surface area (Å²) in [5.74, 6) is 0.516. The molecule has 164 valence electrons. The minimum absolute atomic E-state index is 0.0116. The van der Waals surface area contributed by atoms with E-state index in [1.54, 1.807) is 18.1 Å². The number of anilines is 2. The maximum Gasteiger partial charge on any atom is 0.231 e. The van der Waals surface area contributed by atoms with Crippen molar-refractivity contribution in [2.75, 3.05) is 17.3 Å². The minimum atomic E-state index is -0.500. The third-order valence-electron chi connectivity index (χ3n) is 5.84. The van der Waals surface area contributed by atoms with Crippen LogP contribution in [-0.2, 0) is 9.59 Å². The van der Waals surface area contributed by atoms with Crippen molar-refractivity contribution in [3.8, 4) is 5.75 Å². The van der Waals surface area contributed by atoms with E-state index in [9.17, 15) is 9.59 Å². The van der Waals surface area contributed by atoms with Gasteiger partial charge in [0.05, 0.1) is 19.1 Å². The van der Waals surface area contributed by atoms with Crippen molar-refractivity contribution in [1.29, 1.82) is 0 Å². The minimum Gasteiger partial charge on any atom is -0.496 e. The van der Waals surface area contributed by atoms with Crippen LogP contribution >= 0.6 is 0 Å². The number of aromatic nitrogens is 1. The number of nitrogens with zero attached hydrogens (tertiary/aromatic N) is 2. The van der Waals surface area contributed by atoms with Crippen molar-refractivity contribution in [2.45, 2.75) is 32.7 Å². The summed E-state index contributed by atoms with van der Waals surface area (Å²) in [6.45, 7) is 3.89. The number of aryl methyl sites for hydroxylation is 2. The molecule has 0 saturated carbocycles. The average molecular weight is 430 g/mol. The van der Waals surface area contributed by atoms with Crippen LogP contribution in [0.3, 0.4) is 0 Å². The summed E-state index contributed by atoms with van der Waals surface area (Å²) in [4.78, 5) is 32.8. The summed E-state index contributed by atoms with van der Waals surface area (Å²) in [6, 6.07) is 20.4. The van der Waals surface area contributed by atoms with Crippen molar-refractivity contribution in [2.24, 2.45) is 5.92 Å². The van der Waals surface area contributed by atoms with Crippen molar-refractivity contribution in [3.05, 3.63) is 83.6 Å². The van der Waals surface area contributed by atoms with Crippen LogP contribution in [0.5, 0.6) is 5.75 Å². The van der Waals surface area contributed by atoms with E-state index >= 15 is 0 Å². The Kier molecular flexibility index (Phi) is 6.21. The molecule has 2 amide bonds. The van der Waals surface area contributed by atoms with Gasteiger partial charge in [-0.25, -0.2) is 4.98 Å². The van der Waals surface area contributed by atoms with Gasteiger partial charge >= 0.3 is 0 Å². The molecule has 6 nitrogen and oxygen atoms in total. The van der Waals surface area contributed by atoms with Gasteiger partial charge in [0.25, 0.3) is 0 Å². The average Bonchev–Trinajstić information content (AvgIpc) is 2.79. The van der Waals surface area contributed by atoms with Crippen molar-refractivity contribution >= 4 is 23.3 Å². The zero-order chi connectivity index (χ0) is 22.7. The Morgan fingerprint density at radius 1 is 1.03 bits per heavy atom. The van der Waals surface area contributed by atoms with Crippen LogP contribution in [0.25, 0.3) is 0 Å². The SMILES string of the molecule is COc1ccccc1[C@@H]1[C@H](C(=O)Nc2cccc(C)n2)CCC(=O)N1c1ccc(C)cc1. The highest BCUT2D eigenvalue weighted by molar-refractivity contribution is 6.00. The summed E-state index contributed by atoms with van der Waals surface area (Å²) >= 11 is 0. The van der Waals surface area contributed by atoms with Gasteiger partial charge in [-0.2, -0.15) is 0 Å². The number of pyridine rings is 1. The van der Waals surface area contributed by atoms with Gasteiger partial charge in [-0.05, 0) is 50.6 Å². The molecule has 0 radical (unpaired) electrons. The Morgan fingerprint density at radius 3 is 2.50 bits per heavy atom. The molecule has 1 aromatic heterocycles. The fourth-order valence-corrected chi connectivity index (χ4v) is 4.27. The Labute approximate surface area is 188 Å². The van der Waals surface area contributed by atoms with Gasteiger partial charge in [0.1, 0.15) is 11.6 Å². The quantitative estimate of drug-likeness (QED) is 0.631. The Balaban J connectivity index is 1.78. The molecule has 4 rings (SSSR count). The number of piperidine rings is 1. The predicted octanol–water partition coefficient (Wildman–Crippen LogP) is 4.83. The fourth-order valence-electron chi connectivity index (χ4n) is 4.27. The summed E-state index contributed by atoms with van der Waals surface area (Å²) in [6.07, 6.45) is 0.737. The van der Waals surface area contributed by atoms with Crippen LogP contribution in [0.2, 0.25) is 0 Å². The van der Waals surface area contributed by atoms with Crippen LogP contribution in [0.1, 0.15) is 35.7 Å². The molecule has 1 N–H and O–H groups in total. The maximum atomic E-state index is 13.5. The molecule has 2 atom stereocenters. The third kappa shape index (κ3) is 4.35. The molecule has 0 spiro atoms. The number of benzene rings is 2. The number of hydrogen-bond donors (Lipinski definition) is 1. The number of rotatable bonds is 5. The number of hydrogen-bond acceptors (Lipinski definition) is 4. The highest BCUT2D eigenvalue weighted by atomic mass is 16.5. The predicted molar refractivity (Wildman–Crippen MR) is 125 cm³/mol. The molecule has 0 aliphatic carbocycles. The first kappa shape index (κ1) is 21.6. The number of nitrogens with one attached hydrogen (secondary N) is 1. The molecule has 1 saturated heterocycles. The van der Waals surface area contributed by atoms with E-state index in [4.69, 9.17) is 4.74 Å². The first-order chi connectivity index (χ1) is 15.5. The zero-order valence-electron chi connectivity index (χ0n) is 18.5. The van der Waals surface area contributed by atoms with Gasteiger partial charge in [0, 0.05) is 23.4 Å². The number of carbonyl (C=O) groups excluding carboxylic acids is 2. The normalized spacial score (nSPS) is 18.3. The molecule has 1 fully saturated rings. The van der Waals surface area contributed by atoms with Crippen molar-refractivity contribution in [1.82, 2.24) is 4.98 Å². The third-order valence-corrected chi connectivity index (χ3v) is 5.84. The lowest BCUT2D eigenvalue weighted by Crippen LogP contribution is -2.47. The molecule has 32 heavy (non-hydrogen) atoms. The van der Waals surface area contributed by atoms with Crippen LogP contribution in [0, 0.1) is 19.8 Å². The van der Waals surface area contributed by atoms with Gasteiger partial charge in [0.2, 0.25) is 11.8 Å². The van der Waals surface area contributed by atoms with Gasteiger partial charge < -0.3 is 15.0 Å². The summed E-state index contributed by atoms with van der Waals surface area (Å²) in [5, 5.41) is 2.96. The smallest absolute Gasteiger partial charge is 0.231 e. The maximum absolute atomic E-state index is 13.5. The van der Waals surface area contributed by atoms with Gasteiger partial charge in [-0.15, -0.1) is 0 Å². The van der Waals surface area contributed by atoms with E-state index in [2.05, 4.69) is 10.3 Å². The number of carbonyl (C=O) groups is 2. The molecular weight excluding hydrogens is 402 g/mol. The Morgan fingerprint density at radius 2 is 1.78 bits per heavy atom. The van der Waals surface area contributed by atoms with E-state index in [0.717, 1.165) is 22.5 Å². The van der Waals surface area contributed by atoms with Crippen LogP contribution in [0.4, 0.5) is 11.5 Å². The second kappa shape index (κ2) is 9.22. The molecular formula is C26H27N3O3. The number of para-hydroxylation sites is 1. The molecule has 1 aliphatic rings. The topological polar surface area (TPSA) is 71.5 Å². The van der Waals surface area contributed by atoms with Gasteiger partial charge in [-0.1, -0.05) is 42.0 Å². The van der Waals surface area contributed by atoms with Crippen LogP contribution < -0.4 is 15.0 Å². The molecule has 2 heterocycles. The molecule has 3 aromatic rings. The fraction of sp³-hybridized carbons (Fsp3) is 0.269. The standard InChI is InChI=1S/C26H27N3O3/c1-17-11-13-19(14-12-17)29-24(30)16-15-21(25(29)20-8-4-5-9-22(20)32-3)26(31)28-23-10-6-7-18(2)27-23/h4-14,21,25H,15-16H2,1-3H3,(H,27,28,31)/t21-,25-/m1/s1. The zero-order valence-corrected chi connectivity index (χ0v) is 18.5. The molecule has 6 heteroatoms. The number of methoxy groups -OCH3 is 1. The number of ether oxygens (including phenoxy) is 1. The summed E-state index contributed by atoms with van der Waals surface area (Å²) < 4.78 is 5.62. The van der Waals surface area contributed by atoms with Crippen LogP contribution in [0.15, 0.2) is 66.7 Å². The van der Waals surface area contributed by atoms with E-state index in [1.165, 1.54) is 0 Å². The summed E-state index contributed by atoms with van der Waals surface area (Å²) in [7, 11) is 1.60. The van der Waals surface area contributed by atoms with Crippen molar-refractivity contribution in [3.63, 3.8) is 0 Å². The van der Waals surface area contributed by atoms with E-state index in [0.29, 0.717) is 24.4 Å². The Bertz CT molecular complexity index is 1130. The molecule has 2 aromatic carbocycles. The second-order valence-electron chi connectivity index (χ2n) is 8.08. The molecule has 1 aliphatic heterocycles. The van der Waals surface area contributed by atoms with E-state index in [1.807, 2.05) is 74.5 Å². The number of amides is 2. The largest absolute Gasteiger partial charge is 0.496 e. The first-order valence-electron chi connectivity index (χ1n) is 10.7. The van der Waals surface area contributed by atoms with E-state index in [-0.39, 0.29) is 11.8 Å². The Hall–Kier alpha value is -3.67. The first-order valence-corrected chi connectivity index (χ1v) is 10.7. The highest BCUT2D eigenvalue weighted by Gasteiger charge is 2.42. The lowest BCUT2D eigenvalue weighted by Gasteiger charge is -2.41. The highest BCUT2D eigenvalue weighted by Crippen LogP contribution is 2.43. The van der Waals surface area contributed by atoms with E-state index < -0.39 is 12.0 Å². The lowest BCUT2D eigenvalue weighted by molar-refractivity contribution is -0.126. The van der Waals surface area contributed by atoms with Crippen LogP contribution in [-0.4, -0.2) is 23.9 Å².